The van der Waals surface area contributed by atoms with Crippen molar-refractivity contribution >= 4 is 11.0 Å². The van der Waals surface area contributed by atoms with E-state index in [4.69, 9.17) is 10.2 Å². The summed E-state index contributed by atoms with van der Waals surface area (Å²) in [6.45, 7) is 2.55. The second kappa shape index (κ2) is 3.99. The highest BCUT2D eigenvalue weighted by molar-refractivity contribution is 5.80. The number of nitrogens with zero attached hydrogens (tertiary/aromatic N) is 2. The number of hydrogen-bond donors (Lipinski definition) is 1. The first kappa shape index (κ1) is 11.0. The van der Waals surface area contributed by atoms with Gasteiger partial charge in [-0.15, -0.1) is 0 Å². The first-order chi connectivity index (χ1) is 8.70. The van der Waals surface area contributed by atoms with Gasteiger partial charge in [0.25, 0.3) is 0 Å². The van der Waals surface area contributed by atoms with Crippen molar-refractivity contribution in [2.75, 3.05) is 0 Å². The number of furan rings is 1. The number of fused-ring (bicyclic) bond motifs is 1. The summed E-state index contributed by atoms with van der Waals surface area (Å²) in [5, 5.41) is 0. The molecule has 0 amide bonds. The van der Waals surface area contributed by atoms with Crippen LogP contribution in [0, 0.1) is 6.92 Å². The Morgan fingerprint density at radius 2 is 2.17 bits per heavy atom. The average molecular weight is 241 g/mol. The van der Waals surface area contributed by atoms with Crippen LogP contribution in [0.3, 0.4) is 0 Å². The van der Waals surface area contributed by atoms with E-state index in [1.54, 1.807) is 6.26 Å². The van der Waals surface area contributed by atoms with Crippen LogP contribution in [-0.2, 0) is 13.6 Å². The number of hydrogen-bond acceptors (Lipinski definition) is 3. The Kier molecular flexibility index (Phi) is 2.45. The van der Waals surface area contributed by atoms with Gasteiger partial charge < -0.3 is 14.7 Å². The summed E-state index contributed by atoms with van der Waals surface area (Å²) in [6.07, 6.45) is 1.69. The van der Waals surface area contributed by atoms with Gasteiger partial charge in [0.15, 0.2) is 11.6 Å². The molecule has 4 heteroatoms. The van der Waals surface area contributed by atoms with Crippen LogP contribution >= 0.6 is 0 Å². The molecule has 2 N–H and O–H groups in total. The molecule has 0 spiro atoms. The van der Waals surface area contributed by atoms with Gasteiger partial charge in [0.1, 0.15) is 0 Å². The molecular weight excluding hydrogens is 226 g/mol. The van der Waals surface area contributed by atoms with E-state index in [1.807, 2.05) is 42.8 Å². The molecule has 2 aromatic heterocycles. The Balaban J connectivity index is 2.25. The number of benzene rings is 1. The topological polar surface area (TPSA) is 57.0 Å². The lowest BCUT2D eigenvalue weighted by Crippen LogP contribution is -1.95. The fourth-order valence-corrected chi connectivity index (χ4v) is 2.18. The fourth-order valence-electron chi connectivity index (χ4n) is 2.18. The zero-order valence-electron chi connectivity index (χ0n) is 10.5. The molecule has 2 heterocycles. The van der Waals surface area contributed by atoms with Gasteiger partial charge >= 0.3 is 0 Å². The van der Waals surface area contributed by atoms with Crippen molar-refractivity contribution in [3.05, 3.63) is 41.7 Å². The number of aryl methyl sites for hydroxylation is 2. The lowest BCUT2D eigenvalue weighted by Gasteiger charge is -2.00. The Hall–Kier alpha value is -2.07. The number of aromatic nitrogens is 2. The molecule has 1 aromatic carbocycles. The molecule has 0 aliphatic heterocycles. The molecule has 0 unspecified atom stereocenters. The fraction of sp³-hybridized carbons (Fsp3) is 0.214. The third kappa shape index (κ3) is 1.54. The van der Waals surface area contributed by atoms with E-state index in [1.165, 1.54) is 0 Å². The minimum Gasteiger partial charge on any atom is -0.461 e. The third-order valence-corrected chi connectivity index (χ3v) is 3.25. The van der Waals surface area contributed by atoms with E-state index in [0.29, 0.717) is 6.54 Å². The van der Waals surface area contributed by atoms with Crippen LogP contribution in [0.4, 0.5) is 0 Å². The predicted octanol–water partition coefficient (Wildman–Crippen LogP) is 2.60. The van der Waals surface area contributed by atoms with Crippen molar-refractivity contribution in [2.45, 2.75) is 13.5 Å². The molecule has 3 aromatic rings. The summed E-state index contributed by atoms with van der Waals surface area (Å²) in [5.74, 6) is 1.67. The summed E-state index contributed by atoms with van der Waals surface area (Å²) in [6, 6.07) is 8.05. The molecule has 3 rings (SSSR count). The van der Waals surface area contributed by atoms with Crippen LogP contribution < -0.4 is 5.73 Å². The highest BCUT2D eigenvalue weighted by atomic mass is 16.3. The molecule has 4 nitrogen and oxygen atoms in total. The maximum Gasteiger partial charge on any atom is 0.177 e. The van der Waals surface area contributed by atoms with Crippen LogP contribution in [0.5, 0.6) is 0 Å². The van der Waals surface area contributed by atoms with E-state index in [-0.39, 0.29) is 0 Å². The van der Waals surface area contributed by atoms with E-state index < -0.39 is 0 Å². The van der Waals surface area contributed by atoms with Crippen LogP contribution in [0.15, 0.2) is 34.9 Å². The Morgan fingerprint density at radius 3 is 2.83 bits per heavy atom. The lowest BCUT2D eigenvalue weighted by atomic mass is 10.2. The second-order valence-electron chi connectivity index (χ2n) is 4.45. The minimum atomic E-state index is 0.529. The maximum absolute atomic E-state index is 5.65. The first-order valence-electron chi connectivity index (χ1n) is 5.90. The summed E-state index contributed by atoms with van der Waals surface area (Å²) >= 11 is 0. The predicted molar refractivity (Wildman–Crippen MR) is 71.0 cm³/mol. The van der Waals surface area contributed by atoms with Crippen molar-refractivity contribution in [2.24, 2.45) is 12.8 Å². The maximum atomic E-state index is 5.65. The van der Waals surface area contributed by atoms with Crippen LogP contribution in [0.2, 0.25) is 0 Å². The number of imidazole rings is 1. The van der Waals surface area contributed by atoms with Crippen LogP contribution in [-0.4, -0.2) is 9.55 Å². The average Bonchev–Trinajstić information content (AvgIpc) is 2.93. The second-order valence-corrected chi connectivity index (χ2v) is 4.45. The Bertz CT molecular complexity index is 709. The van der Waals surface area contributed by atoms with E-state index >= 15 is 0 Å². The van der Waals surface area contributed by atoms with Gasteiger partial charge in [0.05, 0.1) is 17.3 Å². The highest BCUT2D eigenvalue weighted by Crippen LogP contribution is 2.27. The zero-order chi connectivity index (χ0) is 12.7. The van der Waals surface area contributed by atoms with Crippen molar-refractivity contribution in [1.82, 2.24) is 9.55 Å². The zero-order valence-corrected chi connectivity index (χ0v) is 10.5. The van der Waals surface area contributed by atoms with E-state index in [0.717, 1.165) is 33.7 Å². The molecule has 0 bridgehead atoms. The number of nitrogens with two attached hydrogens (primary N) is 1. The molecule has 0 saturated heterocycles. The van der Waals surface area contributed by atoms with Gasteiger partial charge in [-0.3, -0.25) is 0 Å². The summed E-state index contributed by atoms with van der Waals surface area (Å²) in [7, 11) is 1.99. The molecule has 0 aliphatic carbocycles. The quantitative estimate of drug-likeness (QED) is 0.750. The van der Waals surface area contributed by atoms with Crippen LogP contribution in [0.25, 0.3) is 22.6 Å². The Labute approximate surface area is 105 Å². The molecule has 0 fully saturated rings. The van der Waals surface area contributed by atoms with Gasteiger partial charge in [0, 0.05) is 13.6 Å². The SMILES string of the molecule is Cc1ccoc1-c1nc2cc(CN)ccc2n1C. The smallest absolute Gasteiger partial charge is 0.177 e. The van der Waals surface area contributed by atoms with E-state index in [2.05, 4.69) is 4.98 Å². The van der Waals surface area contributed by atoms with Crippen LogP contribution in [0.1, 0.15) is 11.1 Å². The normalized spacial score (nSPS) is 11.3. The molecule has 0 saturated carbocycles. The molecule has 92 valence electrons. The minimum absolute atomic E-state index is 0.529. The van der Waals surface area contributed by atoms with E-state index in [9.17, 15) is 0 Å². The van der Waals surface area contributed by atoms with Crippen molar-refractivity contribution in [3.8, 4) is 11.6 Å². The largest absolute Gasteiger partial charge is 0.461 e. The third-order valence-electron chi connectivity index (χ3n) is 3.25. The molecule has 0 atom stereocenters. The molecule has 0 radical (unpaired) electrons. The van der Waals surface area contributed by atoms with Gasteiger partial charge in [-0.1, -0.05) is 6.07 Å². The van der Waals surface area contributed by atoms with Crippen molar-refractivity contribution in [1.29, 1.82) is 0 Å². The lowest BCUT2D eigenvalue weighted by molar-refractivity contribution is 0.573. The molecular formula is C14H15N3O. The van der Waals surface area contributed by atoms with Gasteiger partial charge in [0.2, 0.25) is 0 Å². The van der Waals surface area contributed by atoms with Crippen molar-refractivity contribution < 1.29 is 4.42 Å². The van der Waals surface area contributed by atoms with Gasteiger partial charge in [-0.05, 0) is 36.2 Å². The molecule has 18 heavy (non-hydrogen) atoms. The highest BCUT2D eigenvalue weighted by Gasteiger charge is 2.14. The Morgan fingerprint density at radius 1 is 1.33 bits per heavy atom. The monoisotopic (exact) mass is 241 g/mol. The number of rotatable bonds is 2. The summed E-state index contributed by atoms with van der Waals surface area (Å²) < 4.78 is 7.55. The standard InChI is InChI=1S/C14H15N3O/c1-9-5-6-18-13(9)14-16-11-7-10(8-15)3-4-12(11)17(14)2/h3-7H,8,15H2,1-2H3. The summed E-state index contributed by atoms with van der Waals surface area (Å²) in [4.78, 5) is 4.64. The van der Waals surface area contributed by atoms with Gasteiger partial charge in [-0.2, -0.15) is 0 Å². The van der Waals surface area contributed by atoms with Gasteiger partial charge in [-0.25, -0.2) is 4.98 Å². The summed E-state index contributed by atoms with van der Waals surface area (Å²) in [5.41, 5.74) is 9.86. The first-order valence-corrected chi connectivity index (χ1v) is 5.90. The molecule has 0 aliphatic rings. The van der Waals surface area contributed by atoms with Crippen molar-refractivity contribution in [3.63, 3.8) is 0 Å².